The molecule has 0 saturated heterocycles. The summed E-state index contributed by atoms with van der Waals surface area (Å²) in [6, 6.07) is 6.81. The number of rotatable bonds is 7. The van der Waals surface area contributed by atoms with Crippen LogP contribution < -0.4 is 10.6 Å². The average Bonchev–Trinajstić information content (AvgIpc) is 3.51. The number of fused-ring (bicyclic) bond motifs is 1. The Morgan fingerprint density at radius 3 is 2.68 bits per heavy atom. The standard InChI is InChI=1S/C22H26FN5O3/c1-14(20(29)24-12-15-3-4-15)25-21(30)18-11-19-22(31)27(9-2-10-28(19)26-18)13-16-5-7-17(23)8-6-16/h5-8,11,14-15H,2-4,9-10,12-13H2,1H3,(H,24,29)(H,25,30). The van der Waals surface area contributed by atoms with E-state index in [0.717, 1.165) is 18.4 Å². The number of aryl methyl sites for hydroxylation is 1. The van der Waals surface area contributed by atoms with Crippen molar-refractivity contribution in [3.05, 3.63) is 53.1 Å². The van der Waals surface area contributed by atoms with Gasteiger partial charge in [-0.05, 0) is 49.8 Å². The van der Waals surface area contributed by atoms with Crippen LogP contribution in [0.2, 0.25) is 0 Å². The summed E-state index contributed by atoms with van der Waals surface area (Å²) in [5, 5.41) is 9.77. The van der Waals surface area contributed by atoms with E-state index in [2.05, 4.69) is 15.7 Å². The van der Waals surface area contributed by atoms with Crippen molar-refractivity contribution in [2.24, 2.45) is 5.92 Å². The number of nitrogens with one attached hydrogen (secondary N) is 2. The van der Waals surface area contributed by atoms with Crippen molar-refractivity contribution in [1.82, 2.24) is 25.3 Å². The molecule has 0 spiro atoms. The summed E-state index contributed by atoms with van der Waals surface area (Å²) in [6.07, 6.45) is 2.95. The summed E-state index contributed by atoms with van der Waals surface area (Å²) in [4.78, 5) is 39.4. The molecule has 1 aromatic carbocycles. The van der Waals surface area contributed by atoms with Crippen LogP contribution in [-0.2, 0) is 17.9 Å². The second-order valence-corrected chi connectivity index (χ2v) is 8.23. The highest BCUT2D eigenvalue weighted by molar-refractivity contribution is 5.99. The SMILES string of the molecule is CC(NC(=O)c1cc2n(n1)CCCN(Cc1ccc(F)cc1)C2=O)C(=O)NCC1CC1. The third-order valence-electron chi connectivity index (χ3n) is 5.61. The van der Waals surface area contributed by atoms with Crippen molar-refractivity contribution in [2.75, 3.05) is 13.1 Å². The molecule has 1 saturated carbocycles. The van der Waals surface area contributed by atoms with E-state index in [1.807, 2.05) is 0 Å². The zero-order chi connectivity index (χ0) is 22.0. The zero-order valence-corrected chi connectivity index (χ0v) is 17.4. The first kappa shape index (κ1) is 21.0. The highest BCUT2D eigenvalue weighted by Gasteiger charge is 2.28. The molecule has 4 rings (SSSR count). The summed E-state index contributed by atoms with van der Waals surface area (Å²) in [5.74, 6) is -0.728. The molecule has 1 aromatic heterocycles. The number of halogens is 1. The molecule has 164 valence electrons. The highest BCUT2D eigenvalue weighted by Crippen LogP contribution is 2.27. The zero-order valence-electron chi connectivity index (χ0n) is 17.4. The van der Waals surface area contributed by atoms with E-state index in [-0.39, 0.29) is 23.3 Å². The molecule has 1 unspecified atom stereocenters. The average molecular weight is 427 g/mol. The lowest BCUT2D eigenvalue weighted by molar-refractivity contribution is -0.122. The molecule has 8 nitrogen and oxygen atoms in total. The van der Waals surface area contributed by atoms with Crippen molar-refractivity contribution in [3.8, 4) is 0 Å². The Morgan fingerprint density at radius 2 is 1.97 bits per heavy atom. The third-order valence-corrected chi connectivity index (χ3v) is 5.61. The van der Waals surface area contributed by atoms with Gasteiger partial charge in [0.05, 0.1) is 0 Å². The fourth-order valence-corrected chi connectivity index (χ4v) is 3.56. The molecule has 2 heterocycles. The number of hydrogen-bond donors (Lipinski definition) is 2. The minimum absolute atomic E-state index is 0.105. The van der Waals surface area contributed by atoms with Gasteiger partial charge in [-0.2, -0.15) is 5.10 Å². The van der Waals surface area contributed by atoms with Gasteiger partial charge in [0.1, 0.15) is 17.6 Å². The molecule has 2 aliphatic rings. The smallest absolute Gasteiger partial charge is 0.272 e. The van der Waals surface area contributed by atoms with Crippen LogP contribution in [0.5, 0.6) is 0 Å². The first-order valence-electron chi connectivity index (χ1n) is 10.6. The summed E-state index contributed by atoms with van der Waals surface area (Å²) in [7, 11) is 0. The molecule has 31 heavy (non-hydrogen) atoms. The predicted octanol–water partition coefficient (Wildman–Crippen LogP) is 1.71. The Kier molecular flexibility index (Phi) is 6.01. The number of carbonyl (C=O) groups excluding carboxylic acids is 3. The quantitative estimate of drug-likeness (QED) is 0.703. The van der Waals surface area contributed by atoms with E-state index in [4.69, 9.17) is 0 Å². The summed E-state index contributed by atoms with van der Waals surface area (Å²) in [6.45, 7) is 3.65. The van der Waals surface area contributed by atoms with E-state index >= 15 is 0 Å². The van der Waals surface area contributed by atoms with Gasteiger partial charge in [0, 0.05) is 32.2 Å². The lowest BCUT2D eigenvalue weighted by Gasteiger charge is -2.20. The number of benzene rings is 1. The van der Waals surface area contributed by atoms with Gasteiger partial charge in [0.15, 0.2) is 5.69 Å². The number of amides is 3. The normalized spacial score (nSPS) is 17.0. The van der Waals surface area contributed by atoms with Gasteiger partial charge in [-0.1, -0.05) is 12.1 Å². The van der Waals surface area contributed by atoms with Crippen LogP contribution in [0.25, 0.3) is 0 Å². The van der Waals surface area contributed by atoms with Gasteiger partial charge in [0.25, 0.3) is 11.8 Å². The van der Waals surface area contributed by atoms with E-state index in [1.165, 1.54) is 18.2 Å². The molecule has 1 aliphatic carbocycles. The Balaban J connectivity index is 1.41. The Morgan fingerprint density at radius 1 is 1.23 bits per heavy atom. The molecular weight excluding hydrogens is 401 g/mol. The molecule has 2 aromatic rings. The maximum Gasteiger partial charge on any atom is 0.272 e. The van der Waals surface area contributed by atoms with Crippen LogP contribution in [0, 0.1) is 11.7 Å². The second kappa shape index (κ2) is 8.87. The molecule has 0 bridgehead atoms. The lowest BCUT2D eigenvalue weighted by Crippen LogP contribution is -2.45. The maximum absolute atomic E-state index is 13.1. The molecule has 1 atom stereocenters. The first-order valence-corrected chi connectivity index (χ1v) is 10.6. The minimum Gasteiger partial charge on any atom is -0.354 e. The fraction of sp³-hybridized carbons (Fsp3) is 0.455. The number of aromatic nitrogens is 2. The Labute approximate surface area is 179 Å². The third kappa shape index (κ3) is 5.10. The van der Waals surface area contributed by atoms with Gasteiger partial charge in [-0.25, -0.2) is 4.39 Å². The van der Waals surface area contributed by atoms with E-state index < -0.39 is 11.9 Å². The lowest BCUT2D eigenvalue weighted by atomic mass is 10.2. The molecule has 3 amide bonds. The molecule has 0 radical (unpaired) electrons. The first-order chi connectivity index (χ1) is 14.9. The maximum atomic E-state index is 13.1. The van der Waals surface area contributed by atoms with Gasteiger partial charge >= 0.3 is 0 Å². The summed E-state index contributed by atoms with van der Waals surface area (Å²) in [5.41, 5.74) is 1.26. The van der Waals surface area contributed by atoms with Crippen molar-refractivity contribution in [1.29, 1.82) is 0 Å². The molecule has 2 N–H and O–H groups in total. The van der Waals surface area contributed by atoms with Gasteiger partial charge in [-0.15, -0.1) is 0 Å². The predicted molar refractivity (Wildman–Crippen MR) is 111 cm³/mol. The number of nitrogens with zero attached hydrogens (tertiary/aromatic N) is 3. The molecule has 1 aliphatic heterocycles. The highest BCUT2D eigenvalue weighted by atomic mass is 19.1. The van der Waals surface area contributed by atoms with Gasteiger partial charge in [0.2, 0.25) is 5.91 Å². The van der Waals surface area contributed by atoms with Gasteiger partial charge in [-0.3, -0.25) is 19.1 Å². The van der Waals surface area contributed by atoms with Crippen molar-refractivity contribution >= 4 is 17.7 Å². The molecular formula is C22H26FN5O3. The molecule has 1 fully saturated rings. The summed E-state index contributed by atoms with van der Waals surface area (Å²) < 4.78 is 14.7. The summed E-state index contributed by atoms with van der Waals surface area (Å²) >= 11 is 0. The van der Waals surface area contributed by atoms with Gasteiger partial charge < -0.3 is 15.5 Å². The van der Waals surface area contributed by atoms with Crippen LogP contribution in [-0.4, -0.2) is 51.5 Å². The van der Waals surface area contributed by atoms with E-state index in [9.17, 15) is 18.8 Å². The number of hydrogen-bond acceptors (Lipinski definition) is 4. The number of carbonyl (C=O) groups is 3. The second-order valence-electron chi connectivity index (χ2n) is 8.23. The minimum atomic E-state index is -0.696. The Bertz CT molecular complexity index is 984. The van der Waals surface area contributed by atoms with Crippen molar-refractivity contribution in [2.45, 2.75) is 45.3 Å². The largest absolute Gasteiger partial charge is 0.354 e. The van der Waals surface area contributed by atoms with Crippen molar-refractivity contribution in [3.63, 3.8) is 0 Å². The topological polar surface area (TPSA) is 96.3 Å². The van der Waals surface area contributed by atoms with Crippen LogP contribution in [0.4, 0.5) is 4.39 Å². The fourth-order valence-electron chi connectivity index (χ4n) is 3.56. The van der Waals surface area contributed by atoms with E-state index in [0.29, 0.717) is 44.2 Å². The van der Waals surface area contributed by atoms with Crippen LogP contribution in [0.3, 0.4) is 0 Å². The van der Waals surface area contributed by atoms with Crippen molar-refractivity contribution < 1.29 is 18.8 Å². The Hall–Kier alpha value is -3.23. The monoisotopic (exact) mass is 427 g/mol. The van der Waals surface area contributed by atoms with Crippen LogP contribution in [0.1, 0.15) is 52.7 Å². The van der Waals surface area contributed by atoms with Crippen LogP contribution in [0.15, 0.2) is 30.3 Å². The van der Waals surface area contributed by atoms with Crippen LogP contribution >= 0.6 is 0 Å². The molecule has 9 heteroatoms. The van der Waals surface area contributed by atoms with E-state index in [1.54, 1.807) is 28.6 Å².